The van der Waals surface area contributed by atoms with Crippen molar-refractivity contribution in [1.82, 2.24) is 19.5 Å². The first-order valence-corrected chi connectivity index (χ1v) is 13.8. The molecule has 1 aliphatic rings. The van der Waals surface area contributed by atoms with Gasteiger partial charge in [-0.2, -0.15) is 4.98 Å². The van der Waals surface area contributed by atoms with E-state index in [-0.39, 0.29) is 34.0 Å². The number of anilines is 1. The molecule has 3 rings (SSSR count). The van der Waals surface area contributed by atoms with Crippen molar-refractivity contribution >= 4 is 37.3 Å². The lowest BCUT2D eigenvalue weighted by Crippen LogP contribution is -2.47. The summed E-state index contributed by atoms with van der Waals surface area (Å²) in [5.41, 5.74) is -0.154. The van der Waals surface area contributed by atoms with Crippen LogP contribution in [0.15, 0.2) is 11.1 Å². The molecule has 0 saturated carbocycles. The van der Waals surface area contributed by atoms with E-state index in [1.54, 1.807) is 18.4 Å². The Morgan fingerprint density at radius 1 is 1.33 bits per heavy atom. The van der Waals surface area contributed by atoms with Crippen molar-refractivity contribution in [2.24, 2.45) is 5.92 Å². The molecule has 3 atom stereocenters. The van der Waals surface area contributed by atoms with Crippen LogP contribution in [0.5, 0.6) is 0 Å². The molecule has 12 heteroatoms. The summed E-state index contributed by atoms with van der Waals surface area (Å²) in [6, 6.07) is 0. The first-order chi connectivity index (χ1) is 15.2. The molecular formula is C21H33N5O6Si. The molecule has 3 heterocycles. The number of nitrogens with one attached hydrogen (secondary N) is 2. The minimum atomic E-state index is -2.22. The Bertz CT molecular complexity index is 1100. The highest BCUT2D eigenvalue weighted by molar-refractivity contribution is 6.74. The van der Waals surface area contributed by atoms with Gasteiger partial charge in [0.05, 0.1) is 19.5 Å². The molecule has 1 fully saturated rings. The summed E-state index contributed by atoms with van der Waals surface area (Å²) in [6.45, 7) is 14.0. The lowest BCUT2D eigenvalue weighted by Gasteiger charge is -2.38. The molecule has 2 N–H and O–H groups in total. The SMILES string of the molecule is COC(=O)[C@H]1O[C@@H](n2cnc3c(=O)[nH]c(NC(=O)C(C)C)nc32)CC1O[Si](C)(C)C(C)(C)C. The molecule has 1 unspecified atom stereocenters. The smallest absolute Gasteiger partial charge is 0.337 e. The number of fused-ring (bicyclic) bond motifs is 1. The largest absolute Gasteiger partial charge is 0.467 e. The van der Waals surface area contributed by atoms with E-state index in [4.69, 9.17) is 13.9 Å². The summed E-state index contributed by atoms with van der Waals surface area (Å²) in [4.78, 5) is 48.1. The first-order valence-electron chi connectivity index (χ1n) is 10.9. The Kier molecular flexibility index (Phi) is 6.83. The van der Waals surface area contributed by atoms with Gasteiger partial charge in [0.15, 0.2) is 25.6 Å². The number of methoxy groups -OCH3 is 1. The molecule has 0 radical (unpaired) electrons. The van der Waals surface area contributed by atoms with Crippen LogP contribution in [0.3, 0.4) is 0 Å². The zero-order valence-electron chi connectivity index (χ0n) is 20.4. The van der Waals surface area contributed by atoms with Crippen LogP contribution in [0.4, 0.5) is 5.95 Å². The predicted molar refractivity (Wildman–Crippen MR) is 124 cm³/mol. The van der Waals surface area contributed by atoms with Crippen LogP contribution in [-0.2, 0) is 23.5 Å². The van der Waals surface area contributed by atoms with Gasteiger partial charge in [-0.1, -0.05) is 34.6 Å². The number of nitrogens with zero attached hydrogens (tertiary/aromatic N) is 3. The molecule has 11 nitrogen and oxygen atoms in total. The second-order valence-corrected chi connectivity index (χ2v) is 14.8. The summed E-state index contributed by atoms with van der Waals surface area (Å²) in [5, 5.41) is 2.53. The molecule has 0 spiro atoms. The molecule has 182 valence electrons. The molecule has 2 aromatic rings. The number of amides is 1. The number of aromatic amines is 1. The van der Waals surface area contributed by atoms with Crippen molar-refractivity contribution in [2.45, 2.75) is 77.6 Å². The van der Waals surface area contributed by atoms with Crippen LogP contribution < -0.4 is 10.9 Å². The summed E-state index contributed by atoms with van der Waals surface area (Å²) in [5.74, 6) is -1.08. The number of aromatic nitrogens is 4. The van der Waals surface area contributed by atoms with Gasteiger partial charge in [-0.3, -0.25) is 24.5 Å². The van der Waals surface area contributed by atoms with Gasteiger partial charge in [-0.25, -0.2) is 9.78 Å². The lowest BCUT2D eigenvalue weighted by atomic mass is 10.2. The zero-order valence-corrected chi connectivity index (χ0v) is 21.4. The van der Waals surface area contributed by atoms with E-state index >= 15 is 0 Å². The quantitative estimate of drug-likeness (QED) is 0.476. The van der Waals surface area contributed by atoms with E-state index < -0.39 is 38.3 Å². The van der Waals surface area contributed by atoms with Gasteiger partial charge < -0.3 is 13.9 Å². The fraction of sp³-hybridized carbons (Fsp3) is 0.667. The van der Waals surface area contributed by atoms with Gasteiger partial charge in [0.25, 0.3) is 5.56 Å². The minimum absolute atomic E-state index is 0.0181. The third kappa shape index (κ3) is 5.02. The van der Waals surface area contributed by atoms with Crippen LogP contribution >= 0.6 is 0 Å². The van der Waals surface area contributed by atoms with Crippen molar-refractivity contribution in [3.63, 3.8) is 0 Å². The van der Waals surface area contributed by atoms with Crippen LogP contribution in [0, 0.1) is 5.92 Å². The van der Waals surface area contributed by atoms with Crippen molar-refractivity contribution in [1.29, 1.82) is 0 Å². The molecule has 0 aromatic carbocycles. The van der Waals surface area contributed by atoms with Gasteiger partial charge in [0.1, 0.15) is 6.23 Å². The van der Waals surface area contributed by atoms with E-state index in [0.717, 1.165) is 0 Å². The average molecular weight is 480 g/mol. The van der Waals surface area contributed by atoms with Crippen LogP contribution in [0.1, 0.15) is 47.3 Å². The normalized spacial score (nSPS) is 21.5. The highest BCUT2D eigenvalue weighted by Crippen LogP contribution is 2.41. The van der Waals surface area contributed by atoms with Crippen LogP contribution in [0.25, 0.3) is 11.2 Å². The van der Waals surface area contributed by atoms with E-state index in [0.29, 0.717) is 6.42 Å². The number of carbonyl (C=O) groups excluding carboxylic acids is 2. The second kappa shape index (κ2) is 8.99. The van der Waals surface area contributed by atoms with E-state index in [1.807, 2.05) is 0 Å². The molecule has 1 aliphatic heterocycles. The zero-order chi connectivity index (χ0) is 24.7. The molecule has 0 bridgehead atoms. The predicted octanol–water partition coefficient (Wildman–Crippen LogP) is 2.56. The van der Waals surface area contributed by atoms with Crippen molar-refractivity contribution in [3.8, 4) is 0 Å². The standard InChI is InChI=1S/C21H33N5O6Si/c1-11(2)17(27)24-20-23-16-14(18(28)25-20)22-10-26(16)13-9-12(15(31-13)19(29)30-6)32-33(7,8)21(3,4)5/h10-13,15H,9H2,1-8H3,(H2,23,24,25,27,28)/t12?,13-,15+/m1/s1. The summed E-state index contributed by atoms with van der Waals surface area (Å²) in [6.07, 6.45) is -0.317. The van der Waals surface area contributed by atoms with Gasteiger partial charge in [0.2, 0.25) is 11.9 Å². The van der Waals surface area contributed by atoms with E-state index in [1.165, 1.54) is 13.4 Å². The van der Waals surface area contributed by atoms with Gasteiger partial charge >= 0.3 is 5.97 Å². The molecule has 1 amide bonds. The maximum atomic E-state index is 12.5. The molecule has 0 aliphatic carbocycles. The Labute approximate surface area is 193 Å². The van der Waals surface area contributed by atoms with Gasteiger partial charge in [0, 0.05) is 12.3 Å². The number of esters is 1. The van der Waals surface area contributed by atoms with E-state index in [9.17, 15) is 14.4 Å². The fourth-order valence-corrected chi connectivity index (χ4v) is 4.59. The maximum absolute atomic E-state index is 12.5. The van der Waals surface area contributed by atoms with E-state index in [2.05, 4.69) is 54.1 Å². The van der Waals surface area contributed by atoms with Crippen molar-refractivity contribution < 1.29 is 23.5 Å². The minimum Gasteiger partial charge on any atom is -0.467 e. The third-order valence-corrected chi connectivity index (χ3v) is 10.8. The Morgan fingerprint density at radius 2 is 2.00 bits per heavy atom. The fourth-order valence-electron chi connectivity index (χ4n) is 3.26. The number of hydrogen-bond donors (Lipinski definition) is 2. The lowest BCUT2D eigenvalue weighted by molar-refractivity contribution is -0.158. The first kappa shape index (κ1) is 25.1. The maximum Gasteiger partial charge on any atom is 0.337 e. The Morgan fingerprint density at radius 3 is 2.58 bits per heavy atom. The number of H-pyrrole nitrogens is 1. The number of carbonyl (C=O) groups is 2. The van der Waals surface area contributed by atoms with Crippen molar-refractivity contribution in [3.05, 3.63) is 16.7 Å². The van der Waals surface area contributed by atoms with Gasteiger partial charge in [-0.15, -0.1) is 0 Å². The van der Waals surface area contributed by atoms with Crippen molar-refractivity contribution in [2.75, 3.05) is 12.4 Å². The third-order valence-electron chi connectivity index (χ3n) is 6.27. The average Bonchev–Trinajstić information content (AvgIpc) is 3.30. The monoisotopic (exact) mass is 479 g/mol. The summed E-state index contributed by atoms with van der Waals surface area (Å²) in [7, 11) is -0.911. The summed E-state index contributed by atoms with van der Waals surface area (Å²) >= 11 is 0. The second-order valence-electron chi connectivity index (χ2n) is 10.1. The van der Waals surface area contributed by atoms with Crippen LogP contribution in [0.2, 0.25) is 18.1 Å². The number of imidazole rings is 1. The molecule has 1 saturated heterocycles. The Balaban J connectivity index is 1.96. The number of ether oxygens (including phenoxy) is 2. The summed E-state index contributed by atoms with van der Waals surface area (Å²) < 4.78 is 19.1. The highest BCUT2D eigenvalue weighted by Gasteiger charge is 2.48. The van der Waals surface area contributed by atoms with Crippen LogP contribution in [-0.4, -0.2) is 59.0 Å². The Hall–Kier alpha value is -2.57. The molecular weight excluding hydrogens is 446 g/mol. The van der Waals surface area contributed by atoms with Gasteiger partial charge in [-0.05, 0) is 18.1 Å². The number of hydrogen-bond acceptors (Lipinski definition) is 8. The molecule has 2 aromatic heterocycles. The highest BCUT2D eigenvalue weighted by atomic mass is 28.4. The number of rotatable bonds is 6. The molecule has 33 heavy (non-hydrogen) atoms. The topological polar surface area (TPSA) is 137 Å².